The van der Waals surface area contributed by atoms with Crippen molar-refractivity contribution in [3.8, 4) is 5.75 Å². The minimum absolute atomic E-state index is 0.123. The summed E-state index contributed by atoms with van der Waals surface area (Å²) in [7, 11) is 2.85. The van der Waals surface area contributed by atoms with Crippen LogP contribution < -0.4 is 10.1 Å². The molecular formula is C19H20FNO4S. The van der Waals surface area contributed by atoms with Gasteiger partial charge in [0, 0.05) is 17.9 Å². The summed E-state index contributed by atoms with van der Waals surface area (Å²) >= 11 is 1.38. The Hall–Kier alpha value is -2.54. The minimum atomic E-state index is -0.398. The molecule has 0 heterocycles. The van der Waals surface area contributed by atoms with Crippen molar-refractivity contribution in [2.75, 3.05) is 20.0 Å². The van der Waals surface area contributed by atoms with E-state index < -0.39 is 5.97 Å². The van der Waals surface area contributed by atoms with E-state index in [9.17, 15) is 14.0 Å². The summed E-state index contributed by atoms with van der Waals surface area (Å²) in [5.74, 6) is 0.473. The van der Waals surface area contributed by atoms with Gasteiger partial charge in [-0.05, 0) is 35.9 Å². The third-order valence-electron chi connectivity index (χ3n) is 3.60. The highest BCUT2D eigenvalue weighted by molar-refractivity contribution is 7.99. The Morgan fingerprint density at radius 1 is 1.12 bits per heavy atom. The Morgan fingerprint density at radius 2 is 1.85 bits per heavy atom. The molecule has 1 amide bonds. The third-order valence-corrected chi connectivity index (χ3v) is 4.58. The van der Waals surface area contributed by atoms with Crippen LogP contribution in [-0.2, 0) is 21.8 Å². The number of esters is 1. The minimum Gasteiger partial charge on any atom is -0.496 e. The maximum absolute atomic E-state index is 13.3. The molecule has 0 saturated carbocycles. The van der Waals surface area contributed by atoms with Crippen LogP contribution >= 0.6 is 11.8 Å². The molecule has 0 aliphatic rings. The standard InChI is InChI=1S/C19H20FNO4S/c1-24-17-8-7-16(20)9-15(17)11-26-12-18(22)21-10-13-3-5-14(6-4-13)19(23)25-2/h3-9H,10-12H2,1-2H3,(H,21,22). The SMILES string of the molecule is COC(=O)c1ccc(CNC(=O)CSCc2cc(F)ccc2OC)cc1. The van der Waals surface area contributed by atoms with E-state index in [2.05, 4.69) is 10.1 Å². The topological polar surface area (TPSA) is 64.6 Å². The van der Waals surface area contributed by atoms with Gasteiger partial charge in [-0.1, -0.05) is 12.1 Å². The zero-order valence-corrected chi connectivity index (χ0v) is 15.4. The number of hydrogen-bond acceptors (Lipinski definition) is 5. The van der Waals surface area contributed by atoms with Crippen molar-refractivity contribution in [1.82, 2.24) is 5.32 Å². The number of halogens is 1. The Labute approximate surface area is 155 Å². The van der Waals surface area contributed by atoms with Crippen LogP contribution in [0, 0.1) is 5.82 Å². The van der Waals surface area contributed by atoms with Gasteiger partial charge in [-0.25, -0.2) is 9.18 Å². The van der Waals surface area contributed by atoms with Gasteiger partial charge in [-0.3, -0.25) is 4.79 Å². The van der Waals surface area contributed by atoms with Gasteiger partial charge >= 0.3 is 5.97 Å². The van der Waals surface area contributed by atoms with Crippen molar-refractivity contribution < 1.29 is 23.5 Å². The van der Waals surface area contributed by atoms with E-state index in [0.29, 0.717) is 29.2 Å². The van der Waals surface area contributed by atoms with Gasteiger partial charge in [-0.2, -0.15) is 0 Å². The molecule has 0 aliphatic carbocycles. The molecule has 0 saturated heterocycles. The largest absolute Gasteiger partial charge is 0.496 e. The van der Waals surface area contributed by atoms with Gasteiger partial charge in [0.2, 0.25) is 5.91 Å². The lowest BCUT2D eigenvalue weighted by Crippen LogP contribution is -2.24. The fraction of sp³-hybridized carbons (Fsp3) is 0.263. The number of carbonyl (C=O) groups excluding carboxylic acids is 2. The number of amides is 1. The highest BCUT2D eigenvalue weighted by atomic mass is 32.2. The molecule has 0 radical (unpaired) electrons. The highest BCUT2D eigenvalue weighted by Gasteiger charge is 2.08. The maximum Gasteiger partial charge on any atom is 0.337 e. The third kappa shape index (κ3) is 5.77. The van der Waals surface area contributed by atoms with Crippen LogP contribution in [0.2, 0.25) is 0 Å². The van der Waals surface area contributed by atoms with E-state index in [0.717, 1.165) is 5.56 Å². The number of thioether (sulfide) groups is 1. The van der Waals surface area contributed by atoms with E-state index >= 15 is 0 Å². The summed E-state index contributed by atoms with van der Waals surface area (Å²) in [5, 5.41) is 2.81. The Bertz CT molecular complexity index is 765. The second kappa shape index (κ2) is 9.82. The predicted octanol–water partition coefficient (Wildman–Crippen LogP) is 3.17. The first-order valence-corrected chi connectivity index (χ1v) is 9.03. The molecule has 2 rings (SSSR count). The normalized spacial score (nSPS) is 10.3. The van der Waals surface area contributed by atoms with E-state index in [1.807, 2.05) is 0 Å². The number of hydrogen-bond donors (Lipinski definition) is 1. The lowest BCUT2D eigenvalue weighted by atomic mass is 10.1. The van der Waals surface area contributed by atoms with Crippen LogP contribution in [0.15, 0.2) is 42.5 Å². The molecule has 2 aromatic rings. The Morgan fingerprint density at radius 3 is 2.50 bits per heavy atom. The Kier molecular flexibility index (Phi) is 7.47. The fourth-order valence-electron chi connectivity index (χ4n) is 2.24. The quantitative estimate of drug-likeness (QED) is 0.716. The first kappa shape index (κ1) is 19.8. The van der Waals surface area contributed by atoms with Crippen LogP contribution in [0.5, 0.6) is 5.75 Å². The van der Waals surface area contributed by atoms with Crippen LogP contribution in [0.1, 0.15) is 21.5 Å². The van der Waals surface area contributed by atoms with Crippen molar-refractivity contribution in [3.05, 3.63) is 65.0 Å². The van der Waals surface area contributed by atoms with E-state index in [1.54, 1.807) is 30.3 Å². The average molecular weight is 377 g/mol. The molecule has 0 aliphatic heterocycles. The fourth-order valence-corrected chi connectivity index (χ4v) is 3.08. The van der Waals surface area contributed by atoms with Crippen molar-refractivity contribution in [2.24, 2.45) is 0 Å². The molecule has 2 aromatic carbocycles. The second-order valence-corrected chi connectivity index (χ2v) is 6.40. The summed E-state index contributed by atoms with van der Waals surface area (Å²) in [6.45, 7) is 0.365. The summed E-state index contributed by atoms with van der Waals surface area (Å²) < 4.78 is 23.1. The van der Waals surface area contributed by atoms with Crippen LogP contribution in [0.4, 0.5) is 4.39 Å². The summed E-state index contributed by atoms with van der Waals surface area (Å²) in [4.78, 5) is 23.3. The van der Waals surface area contributed by atoms with Gasteiger partial charge < -0.3 is 14.8 Å². The van der Waals surface area contributed by atoms with Crippen LogP contribution in [0.3, 0.4) is 0 Å². The Balaban J connectivity index is 1.77. The predicted molar refractivity (Wildman–Crippen MR) is 98.7 cm³/mol. The average Bonchev–Trinajstić information content (AvgIpc) is 2.66. The lowest BCUT2D eigenvalue weighted by Gasteiger charge is -2.09. The zero-order chi connectivity index (χ0) is 18.9. The summed E-state index contributed by atoms with van der Waals surface area (Å²) in [6, 6.07) is 11.1. The smallest absolute Gasteiger partial charge is 0.337 e. The number of carbonyl (C=O) groups is 2. The van der Waals surface area contributed by atoms with Gasteiger partial charge in [0.1, 0.15) is 11.6 Å². The first-order valence-electron chi connectivity index (χ1n) is 7.87. The lowest BCUT2D eigenvalue weighted by molar-refractivity contribution is -0.118. The van der Waals surface area contributed by atoms with E-state index in [4.69, 9.17) is 4.74 Å². The maximum atomic E-state index is 13.3. The molecule has 0 aromatic heterocycles. The van der Waals surface area contributed by atoms with Gasteiger partial charge in [0.25, 0.3) is 0 Å². The van der Waals surface area contributed by atoms with Crippen molar-refractivity contribution >= 4 is 23.6 Å². The molecule has 138 valence electrons. The molecule has 0 bridgehead atoms. The molecular weight excluding hydrogens is 357 g/mol. The number of methoxy groups -OCH3 is 2. The van der Waals surface area contributed by atoms with Gasteiger partial charge in [-0.15, -0.1) is 11.8 Å². The number of ether oxygens (including phenoxy) is 2. The van der Waals surface area contributed by atoms with Crippen molar-refractivity contribution in [1.29, 1.82) is 0 Å². The van der Waals surface area contributed by atoms with Gasteiger partial charge in [0.05, 0.1) is 25.5 Å². The number of rotatable bonds is 8. The molecule has 0 unspecified atom stereocenters. The summed E-state index contributed by atoms with van der Waals surface area (Å²) in [5.41, 5.74) is 2.05. The zero-order valence-electron chi connectivity index (χ0n) is 14.6. The number of nitrogens with one attached hydrogen (secondary N) is 1. The van der Waals surface area contributed by atoms with E-state index in [1.165, 1.54) is 38.1 Å². The van der Waals surface area contributed by atoms with Crippen LogP contribution in [0.25, 0.3) is 0 Å². The molecule has 26 heavy (non-hydrogen) atoms. The molecule has 1 N–H and O–H groups in total. The highest BCUT2D eigenvalue weighted by Crippen LogP contribution is 2.24. The second-order valence-electron chi connectivity index (χ2n) is 5.41. The molecule has 0 atom stereocenters. The van der Waals surface area contributed by atoms with E-state index in [-0.39, 0.29) is 17.5 Å². The van der Waals surface area contributed by atoms with Gasteiger partial charge in [0.15, 0.2) is 0 Å². The molecule has 7 heteroatoms. The summed E-state index contributed by atoms with van der Waals surface area (Å²) in [6.07, 6.45) is 0. The first-order chi connectivity index (χ1) is 12.5. The molecule has 5 nitrogen and oxygen atoms in total. The van der Waals surface area contributed by atoms with Crippen molar-refractivity contribution in [2.45, 2.75) is 12.3 Å². The van der Waals surface area contributed by atoms with Crippen LogP contribution in [-0.4, -0.2) is 31.8 Å². The van der Waals surface area contributed by atoms with Crippen molar-refractivity contribution in [3.63, 3.8) is 0 Å². The monoisotopic (exact) mass is 377 g/mol. The molecule has 0 spiro atoms. The number of benzene rings is 2. The molecule has 0 fully saturated rings.